The van der Waals surface area contributed by atoms with Gasteiger partial charge in [0.25, 0.3) is 0 Å². The highest BCUT2D eigenvalue weighted by atomic mass is 32.1. The maximum atomic E-state index is 13.6. The summed E-state index contributed by atoms with van der Waals surface area (Å²) >= 11 is 1.55. The van der Waals surface area contributed by atoms with Crippen LogP contribution < -0.4 is 11.2 Å². The molecule has 1 aromatic heterocycles. The Labute approximate surface area is 134 Å². The van der Waals surface area contributed by atoms with Crippen LogP contribution in [-0.2, 0) is 11.2 Å². The third kappa shape index (κ3) is 6.83. The first kappa shape index (κ1) is 19.0. The molecular formula is C15H25FN2O3S. The Balaban J connectivity index is 2.57. The lowest BCUT2D eigenvalue weighted by atomic mass is 9.89. The number of aliphatic hydroxyl groups is 1. The van der Waals surface area contributed by atoms with E-state index in [0.29, 0.717) is 6.42 Å². The highest BCUT2D eigenvalue weighted by Gasteiger charge is 2.28. The van der Waals surface area contributed by atoms with Crippen LogP contribution in [0.2, 0.25) is 0 Å². The maximum absolute atomic E-state index is 13.6. The number of carbonyl (C=O) groups is 1. The Bertz CT molecular complexity index is 448. The molecule has 0 aliphatic heterocycles. The number of amides is 1. The van der Waals surface area contributed by atoms with Crippen LogP contribution in [0.4, 0.5) is 4.39 Å². The van der Waals surface area contributed by atoms with Gasteiger partial charge in [-0.25, -0.2) is 9.87 Å². The van der Waals surface area contributed by atoms with Gasteiger partial charge >= 0.3 is 0 Å². The second-order valence-electron chi connectivity index (χ2n) is 6.18. The molecule has 0 radical (unpaired) electrons. The molecule has 7 heteroatoms. The van der Waals surface area contributed by atoms with Gasteiger partial charge in [0.15, 0.2) is 0 Å². The van der Waals surface area contributed by atoms with Crippen LogP contribution in [0.1, 0.15) is 38.0 Å². The van der Waals surface area contributed by atoms with Crippen LogP contribution in [0, 0.1) is 5.92 Å². The largest absolute Gasteiger partial charge is 0.391 e. The van der Waals surface area contributed by atoms with Crippen molar-refractivity contribution in [3.63, 3.8) is 0 Å². The van der Waals surface area contributed by atoms with E-state index in [1.54, 1.807) is 16.8 Å². The van der Waals surface area contributed by atoms with E-state index >= 15 is 0 Å². The van der Waals surface area contributed by atoms with E-state index in [1.807, 2.05) is 17.5 Å². The molecule has 1 rings (SSSR count). The Hall–Kier alpha value is -1.02. The molecule has 0 fully saturated rings. The number of hydrogen-bond acceptors (Lipinski definition) is 5. The summed E-state index contributed by atoms with van der Waals surface area (Å²) in [6.07, 6.45) is 0.110. The zero-order valence-corrected chi connectivity index (χ0v) is 13.8. The molecule has 5 N–H and O–H groups in total. The number of nitrogens with two attached hydrogens (primary N) is 1. The van der Waals surface area contributed by atoms with Crippen molar-refractivity contribution < 1.29 is 19.5 Å². The summed E-state index contributed by atoms with van der Waals surface area (Å²) in [6, 6.07) is 3.33. The average molecular weight is 332 g/mol. The zero-order valence-electron chi connectivity index (χ0n) is 13.0. The summed E-state index contributed by atoms with van der Waals surface area (Å²) in [4.78, 5) is 12.7. The first-order chi connectivity index (χ1) is 10.2. The summed E-state index contributed by atoms with van der Waals surface area (Å²) in [7, 11) is 0. The lowest BCUT2D eigenvalue weighted by molar-refractivity contribution is -0.135. The lowest BCUT2D eigenvalue weighted by Crippen LogP contribution is -2.40. The van der Waals surface area contributed by atoms with E-state index in [-0.39, 0.29) is 19.3 Å². The van der Waals surface area contributed by atoms with Gasteiger partial charge in [0, 0.05) is 16.8 Å². The summed E-state index contributed by atoms with van der Waals surface area (Å²) in [5, 5.41) is 20.9. The van der Waals surface area contributed by atoms with Crippen LogP contribution in [0.3, 0.4) is 0 Å². The van der Waals surface area contributed by atoms with Crippen molar-refractivity contribution in [3.8, 4) is 0 Å². The number of thiophene rings is 1. The quantitative estimate of drug-likeness (QED) is 0.411. The van der Waals surface area contributed by atoms with Gasteiger partial charge in [-0.05, 0) is 51.0 Å². The molecule has 0 spiro atoms. The van der Waals surface area contributed by atoms with E-state index in [0.717, 1.165) is 4.88 Å². The Morgan fingerprint density at radius 2 is 2.23 bits per heavy atom. The number of alkyl halides is 1. The minimum atomic E-state index is -1.40. The number of hydroxylamine groups is 1. The topological polar surface area (TPSA) is 95.6 Å². The minimum Gasteiger partial charge on any atom is -0.391 e. The number of nitrogens with one attached hydrogen (secondary N) is 1. The fourth-order valence-corrected chi connectivity index (χ4v) is 3.01. The molecule has 3 atom stereocenters. The van der Waals surface area contributed by atoms with E-state index in [1.165, 1.54) is 13.8 Å². The van der Waals surface area contributed by atoms with Gasteiger partial charge in [-0.15, -0.1) is 11.3 Å². The molecule has 0 aliphatic rings. The fraction of sp³-hybridized carbons (Fsp3) is 0.667. The molecule has 0 saturated carbocycles. The lowest BCUT2D eigenvalue weighted by Gasteiger charge is -2.24. The van der Waals surface area contributed by atoms with Crippen molar-refractivity contribution in [1.82, 2.24) is 5.48 Å². The van der Waals surface area contributed by atoms with Gasteiger partial charge in [-0.1, -0.05) is 6.07 Å². The number of halogens is 1. The van der Waals surface area contributed by atoms with E-state index in [2.05, 4.69) is 0 Å². The van der Waals surface area contributed by atoms with Gasteiger partial charge in [-0.2, -0.15) is 0 Å². The predicted molar refractivity (Wildman–Crippen MR) is 84.5 cm³/mol. The van der Waals surface area contributed by atoms with Crippen molar-refractivity contribution in [2.75, 3.05) is 0 Å². The third-order valence-electron chi connectivity index (χ3n) is 3.61. The molecule has 0 aliphatic carbocycles. The molecule has 22 heavy (non-hydrogen) atoms. The monoisotopic (exact) mass is 332 g/mol. The first-order valence-corrected chi connectivity index (χ1v) is 8.20. The number of hydrogen-bond donors (Lipinski definition) is 4. The van der Waals surface area contributed by atoms with Crippen molar-refractivity contribution in [3.05, 3.63) is 22.4 Å². The molecule has 0 saturated heterocycles. The molecule has 3 unspecified atom stereocenters. The summed E-state index contributed by atoms with van der Waals surface area (Å²) in [6.45, 7) is 2.86. The molecule has 5 nitrogen and oxygen atoms in total. The Kier molecular flexibility index (Phi) is 7.41. The fourth-order valence-electron chi connectivity index (χ4n) is 2.23. The molecule has 0 aromatic carbocycles. The summed E-state index contributed by atoms with van der Waals surface area (Å²) < 4.78 is 13.6. The van der Waals surface area contributed by atoms with E-state index < -0.39 is 29.6 Å². The number of rotatable bonds is 9. The van der Waals surface area contributed by atoms with Crippen molar-refractivity contribution in [2.45, 2.75) is 57.3 Å². The standard InChI is InChI=1S/C15H25FN2O3S/c1-15(2,16)6-5-10(14(20)18-21)8-13(19)12(17)9-11-4-3-7-22-11/h3-4,7,10,12-13,19,21H,5-6,8-9,17H2,1-2H3,(H,18,20). The zero-order chi connectivity index (χ0) is 16.8. The minimum absolute atomic E-state index is 0.0923. The van der Waals surface area contributed by atoms with Crippen molar-refractivity contribution in [1.29, 1.82) is 0 Å². The van der Waals surface area contributed by atoms with Gasteiger partial charge in [-0.3, -0.25) is 10.0 Å². The SMILES string of the molecule is CC(C)(F)CCC(CC(O)C(N)Cc1cccs1)C(=O)NO. The molecule has 126 valence electrons. The third-order valence-corrected chi connectivity index (χ3v) is 4.50. The molecule has 0 bridgehead atoms. The second kappa shape index (κ2) is 8.57. The summed E-state index contributed by atoms with van der Waals surface area (Å²) in [5.41, 5.74) is 6.14. The highest BCUT2D eigenvalue weighted by Crippen LogP contribution is 2.24. The van der Waals surface area contributed by atoms with Crippen molar-refractivity contribution >= 4 is 17.2 Å². The van der Waals surface area contributed by atoms with Crippen LogP contribution in [0.15, 0.2) is 17.5 Å². The smallest absolute Gasteiger partial charge is 0.246 e. The first-order valence-electron chi connectivity index (χ1n) is 7.32. The van der Waals surface area contributed by atoms with Crippen LogP contribution >= 0.6 is 11.3 Å². The van der Waals surface area contributed by atoms with Gasteiger partial charge in [0.05, 0.1) is 6.10 Å². The van der Waals surface area contributed by atoms with Gasteiger partial charge in [0.2, 0.25) is 5.91 Å². The van der Waals surface area contributed by atoms with E-state index in [4.69, 9.17) is 10.9 Å². The van der Waals surface area contributed by atoms with Gasteiger partial charge in [0.1, 0.15) is 5.67 Å². The highest BCUT2D eigenvalue weighted by molar-refractivity contribution is 7.09. The Morgan fingerprint density at radius 3 is 2.73 bits per heavy atom. The van der Waals surface area contributed by atoms with Crippen LogP contribution in [0.25, 0.3) is 0 Å². The number of aliphatic hydroxyl groups excluding tert-OH is 1. The summed E-state index contributed by atoms with van der Waals surface area (Å²) in [5.74, 6) is -1.30. The van der Waals surface area contributed by atoms with E-state index in [9.17, 15) is 14.3 Å². The second-order valence-corrected chi connectivity index (χ2v) is 7.21. The Morgan fingerprint density at radius 1 is 1.55 bits per heavy atom. The normalized spacial score (nSPS) is 16.1. The van der Waals surface area contributed by atoms with Gasteiger partial charge < -0.3 is 10.8 Å². The number of carbonyl (C=O) groups excluding carboxylic acids is 1. The van der Waals surface area contributed by atoms with Crippen LogP contribution in [0.5, 0.6) is 0 Å². The molecule has 1 aromatic rings. The average Bonchev–Trinajstić information content (AvgIpc) is 2.94. The molecular weight excluding hydrogens is 307 g/mol. The molecule has 1 heterocycles. The maximum Gasteiger partial charge on any atom is 0.246 e. The molecule has 1 amide bonds. The predicted octanol–water partition coefficient (Wildman–Crippen LogP) is 2.02. The van der Waals surface area contributed by atoms with Crippen molar-refractivity contribution in [2.24, 2.45) is 11.7 Å². The van der Waals surface area contributed by atoms with Crippen LogP contribution in [-0.4, -0.2) is 34.0 Å².